The molecule has 2 aromatic carbocycles. The van der Waals surface area contributed by atoms with Crippen molar-refractivity contribution in [3.63, 3.8) is 0 Å². The molecule has 2 aromatic rings. The van der Waals surface area contributed by atoms with E-state index in [9.17, 15) is 4.79 Å². The number of hydrogen-bond acceptors (Lipinski definition) is 4. The Hall–Kier alpha value is -3.27. The molecule has 0 atom stereocenters. The van der Waals surface area contributed by atoms with Crippen LogP contribution in [0.3, 0.4) is 0 Å². The van der Waals surface area contributed by atoms with E-state index in [1.54, 1.807) is 36.4 Å². The smallest absolute Gasteiger partial charge is 0.340 e. The van der Waals surface area contributed by atoms with Gasteiger partial charge in [0.1, 0.15) is 19.0 Å². The molecule has 2 N–H and O–H groups in total. The van der Waals surface area contributed by atoms with Crippen LogP contribution in [-0.2, 0) is 11.3 Å². The summed E-state index contributed by atoms with van der Waals surface area (Å²) >= 11 is 0. The van der Waals surface area contributed by atoms with E-state index in [0.717, 1.165) is 5.56 Å². The number of ether oxygens (including phenoxy) is 2. The molecule has 0 bridgehead atoms. The maximum atomic E-state index is 12.2. The Kier molecular flexibility index (Phi) is 6.60. The van der Waals surface area contributed by atoms with Crippen molar-refractivity contribution < 1.29 is 14.3 Å². The summed E-state index contributed by atoms with van der Waals surface area (Å²) in [5, 5.41) is 0. The van der Waals surface area contributed by atoms with Gasteiger partial charge >= 0.3 is 5.97 Å². The summed E-state index contributed by atoms with van der Waals surface area (Å²) in [4.78, 5) is 12.2. The zero-order valence-electron chi connectivity index (χ0n) is 14.0. The average Bonchev–Trinajstić information content (AvgIpc) is 2.64. The number of anilines is 1. The Bertz CT molecular complexity index is 779. The number of carbonyl (C=O) groups is 1. The number of carbonyl (C=O) groups excluding carboxylic acids is 1. The largest absolute Gasteiger partial charge is 0.487 e. The molecular formula is C21H21NO3. The Morgan fingerprint density at radius 1 is 1.12 bits per heavy atom. The van der Waals surface area contributed by atoms with Gasteiger partial charge in [-0.25, -0.2) is 4.79 Å². The maximum absolute atomic E-state index is 12.2. The van der Waals surface area contributed by atoms with Crippen molar-refractivity contribution in [2.75, 3.05) is 12.3 Å². The number of rotatable bonds is 8. The number of benzene rings is 2. The van der Waals surface area contributed by atoms with Gasteiger partial charge in [-0.2, -0.15) is 0 Å². The molecule has 0 saturated carbocycles. The van der Waals surface area contributed by atoms with Gasteiger partial charge in [0.2, 0.25) is 0 Å². The van der Waals surface area contributed by atoms with E-state index in [0.29, 0.717) is 17.9 Å². The summed E-state index contributed by atoms with van der Waals surface area (Å²) in [6.45, 7) is 7.81. The lowest BCUT2D eigenvalue weighted by Crippen LogP contribution is -2.11. The lowest BCUT2D eigenvalue weighted by atomic mass is 10.1. The molecule has 128 valence electrons. The van der Waals surface area contributed by atoms with Crippen LogP contribution >= 0.6 is 0 Å². The fraction of sp³-hybridized carbons (Fsp3) is 0.0952. The molecule has 25 heavy (non-hydrogen) atoms. The van der Waals surface area contributed by atoms with Crippen molar-refractivity contribution >= 4 is 11.7 Å². The van der Waals surface area contributed by atoms with Gasteiger partial charge in [0.15, 0.2) is 0 Å². The van der Waals surface area contributed by atoms with E-state index >= 15 is 0 Å². The van der Waals surface area contributed by atoms with E-state index in [1.807, 2.05) is 30.3 Å². The van der Waals surface area contributed by atoms with Crippen LogP contribution in [0, 0.1) is 0 Å². The van der Waals surface area contributed by atoms with Gasteiger partial charge in [0, 0.05) is 0 Å². The second-order valence-electron chi connectivity index (χ2n) is 5.32. The summed E-state index contributed by atoms with van der Waals surface area (Å²) in [5.74, 6) is -0.0699. The van der Waals surface area contributed by atoms with Crippen LogP contribution in [0.25, 0.3) is 0 Å². The first kappa shape index (κ1) is 18.1. The number of para-hydroxylation sites is 1. The first-order chi connectivity index (χ1) is 12.1. The van der Waals surface area contributed by atoms with E-state index in [-0.39, 0.29) is 17.9 Å². The lowest BCUT2D eigenvalue weighted by Gasteiger charge is -2.12. The highest BCUT2D eigenvalue weighted by Crippen LogP contribution is 2.26. The molecule has 0 amide bonds. The summed E-state index contributed by atoms with van der Waals surface area (Å²) in [5.41, 5.74) is 8.26. The molecule has 0 aromatic heterocycles. The van der Waals surface area contributed by atoms with Gasteiger partial charge in [0.05, 0.1) is 11.3 Å². The van der Waals surface area contributed by atoms with Crippen molar-refractivity contribution in [2.24, 2.45) is 0 Å². The zero-order valence-corrected chi connectivity index (χ0v) is 14.0. The number of nitrogens with two attached hydrogens (primary N) is 1. The van der Waals surface area contributed by atoms with Gasteiger partial charge in [-0.3, -0.25) is 0 Å². The molecule has 0 aliphatic heterocycles. The van der Waals surface area contributed by atoms with Crippen molar-refractivity contribution in [3.8, 4) is 5.75 Å². The highest BCUT2D eigenvalue weighted by atomic mass is 16.5. The Balaban J connectivity index is 2.01. The zero-order chi connectivity index (χ0) is 18.1. The number of allylic oxidation sites excluding steroid dienone is 2. The highest BCUT2D eigenvalue weighted by molar-refractivity contribution is 5.96. The normalized spacial score (nSPS) is 10.4. The minimum Gasteiger partial charge on any atom is -0.487 e. The third-order valence-electron chi connectivity index (χ3n) is 3.38. The van der Waals surface area contributed by atoms with E-state index in [2.05, 4.69) is 13.2 Å². The fourth-order valence-electron chi connectivity index (χ4n) is 2.07. The van der Waals surface area contributed by atoms with Gasteiger partial charge in [-0.15, -0.1) is 0 Å². The van der Waals surface area contributed by atoms with E-state index in [1.165, 1.54) is 0 Å². The molecule has 4 heteroatoms. The summed E-state index contributed by atoms with van der Waals surface area (Å²) in [6, 6.07) is 14.8. The SMILES string of the molecule is C=C/C=C\C(=C)COC(=O)c1cccc(OCc2ccccc2)c1N. The van der Waals surface area contributed by atoms with Crippen LogP contribution in [0.2, 0.25) is 0 Å². The molecular weight excluding hydrogens is 314 g/mol. The molecule has 0 aliphatic rings. The Labute approximate surface area is 147 Å². The summed E-state index contributed by atoms with van der Waals surface area (Å²) in [7, 11) is 0. The van der Waals surface area contributed by atoms with Crippen molar-refractivity contribution in [3.05, 3.63) is 96.6 Å². The van der Waals surface area contributed by atoms with E-state index < -0.39 is 5.97 Å². The third kappa shape index (κ3) is 5.39. The summed E-state index contributed by atoms with van der Waals surface area (Å²) in [6.07, 6.45) is 5.07. The first-order valence-corrected chi connectivity index (χ1v) is 7.81. The molecule has 0 saturated heterocycles. The number of hydrogen-bond donors (Lipinski definition) is 1. The van der Waals surface area contributed by atoms with Gasteiger partial charge in [-0.1, -0.05) is 67.8 Å². The van der Waals surface area contributed by atoms with Gasteiger partial charge in [0.25, 0.3) is 0 Å². The quantitative estimate of drug-likeness (QED) is 0.444. The lowest BCUT2D eigenvalue weighted by molar-refractivity contribution is 0.0544. The number of esters is 1. The van der Waals surface area contributed by atoms with Crippen LogP contribution in [0.5, 0.6) is 5.75 Å². The van der Waals surface area contributed by atoms with Crippen molar-refractivity contribution in [1.82, 2.24) is 0 Å². The molecule has 0 spiro atoms. The molecule has 0 aliphatic carbocycles. The van der Waals surface area contributed by atoms with Crippen molar-refractivity contribution in [1.29, 1.82) is 0 Å². The molecule has 0 heterocycles. The molecule has 0 fully saturated rings. The standard InChI is InChI=1S/C21H21NO3/c1-3-4-9-16(2)14-25-21(23)18-12-8-13-19(20(18)22)24-15-17-10-6-5-7-11-17/h3-13H,1-2,14-15,22H2/b9-4-. The summed E-state index contributed by atoms with van der Waals surface area (Å²) < 4.78 is 10.9. The van der Waals surface area contributed by atoms with Crippen molar-refractivity contribution in [2.45, 2.75) is 6.61 Å². The maximum Gasteiger partial charge on any atom is 0.340 e. The van der Waals surface area contributed by atoms with Gasteiger partial charge in [-0.05, 0) is 23.3 Å². The van der Waals surface area contributed by atoms with Crippen LogP contribution < -0.4 is 10.5 Å². The Morgan fingerprint density at radius 2 is 1.88 bits per heavy atom. The molecule has 4 nitrogen and oxygen atoms in total. The fourth-order valence-corrected chi connectivity index (χ4v) is 2.07. The first-order valence-electron chi connectivity index (χ1n) is 7.81. The highest BCUT2D eigenvalue weighted by Gasteiger charge is 2.15. The monoisotopic (exact) mass is 335 g/mol. The van der Waals surface area contributed by atoms with Crippen LogP contribution in [0.4, 0.5) is 5.69 Å². The minimum atomic E-state index is -0.518. The third-order valence-corrected chi connectivity index (χ3v) is 3.38. The van der Waals surface area contributed by atoms with Crippen LogP contribution in [0.1, 0.15) is 15.9 Å². The second-order valence-corrected chi connectivity index (χ2v) is 5.32. The van der Waals surface area contributed by atoms with Crippen LogP contribution in [-0.4, -0.2) is 12.6 Å². The minimum absolute atomic E-state index is 0.0811. The molecule has 0 unspecified atom stereocenters. The van der Waals surface area contributed by atoms with Crippen LogP contribution in [0.15, 0.2) is 85.5 Å². The second kappa shape index (κ2) is 9.13. The van der Waals surface area contributed by atoms with Gasteiger partial charge < -0.3 is 15.2 Å². The predicted molar refractivity (Wildman–Crippen MR) is 100 cm³/mol. The van der Waals surface area contributed by atoms with E-state index in [4.69, 9.17) is 15.2 Å². The molecule has 2 rings (SSSR count). The Morgan fingerprint density at radius 3 is 2.60 bits per heavy atom. The molecule has 0 radical (unpaired) electrons. The predicted octanol–water partition coefficient (Wildman–Crippen LogP) is 4.30. The topological polar surface area (TPSA) is 61.5 Å². The average molecular weight is 335 g/mol. The number of nitrogen functional groups attached to an aromatic ring is 1.